The van der Waals surface area contributed by atoms with Gasteiger partial charge in [-0.15, -0.1) is 0 Å². The molecule has 0 saturated carbocycles. The van der Waals surface area contributed by atoms with Crippen LogP contribution in [-0.2, 0) is 25.7 Å². The van der Waals surface area contributed by atoms with E-state index in [1.165, 1.54) is 7.11 Å². The summed E-state index contributed by atoms with van der Waals surface area (Å²) in [6.45, 7) is 3.72. The van der Waals surface area contributed by atoms with Crippen molar-refractivity contribution in [2.24, 2.45) is 5.41 Å². The Morgan fingerprint density at radius 3 is 2.22 bits per heavy atom. The molecule has 0 radical (unpaired) electrons. The van der Waals surface area contributed by atoms with E-state index in [4.69, 9.17) is 9.47 Å². The number of hydrogen-bond acceptors (Lipinski definition) is 4. The van der Waals surface area contributed by atoms with Gasteiger partial charge in [0.15, 0.2) is 5.41 Å². The third-order valence-corrected chi connectivity index (χ3v) is 4.36. The maximum atomic E-state index is 12.4. The monoisotopic (exact) mass is 314 g/mol. The summed E-state index contributed by atoms with van der Waals surface area (Å²) in [5.41, 5.74) is -0.325. The summed E-state index contributed by atoms with van der Waals surface area (Å²) >= 11 is 0. The first-order valence-electron chi connectivity index (χ1n) is 7.80. The molecule has 0 aliphatic rings. The van der Waals surface area contributed by atoms with Gasteiger partial charge in [0.2, 0.25) is 0 Å². The molecule has 122 valence electrons. The Morgan fingerprint density at radius 2 is 1.61 bits per heavy atom. The highest BCUT2D eigenvalue weighted by molar-refractivity contribution is 5.99. The van der Waals surface area contributed by atoms with Crippen LogP contribution in [0.5, 0.6) is 0 Å². The van der Waals surface area contributed by atoms with Crippen LogP contribution in [-0.4, -0.2) is 19.0 Å². The van der Waals surface area contributed by atoms with Crippen LogP contribution in [0, 0.1) is 5.41 Å². The van der Waals surface area contributed by atoms with E-state index in [9.17, 15) is 9.59 Å². The fraction of sp³-hybridized carbons (Fsp3) is 0.368. The molecule has 0 saturated heterocycles. The van der Waals surface area contributed by atoms with Crippen LogP contribution in [0.15, 0.2) is 42.5 Å². The molecule has 0 aliphatic heterocycles. The molecule has 2 rings (SSSR count). The van der Waals surface area contributed by atoms with Gasteiger partial charge in [0, 0.05) is 0 Å². The van der Waals surface area contributed by atoms with Gasteiger partial charge in [0.05, 0.1) is 7.11 Å². The molecule has 0 fully saturated rings. The molecule has 0 atom stereocenters. The van der Waals surface area contributed by atoms with Gasteiger partial charge in [-0.25, -0.2) is 0 Å². The van der Waals surface area contributed by atoms with Crippen LogP contribution in [0.1, 0.15) is 32.3 Å². The largest absolute Gasteiger partial charge is 0.468 e. The van der Waals surface area contributed by atoms with Crippen molar-refractivity contribution in [2.75, 3.05) is 7.11 Å². The predicted octanol–water partition coefficient (Wildman–Crippen LogP) is 3.86. The Kier molecular flexibility index (Phi) is 5.37. The average molecular weight is 314 g/mol. The molecular formula is C19H22O4. The van der Waals surface area contributed by atoms with Crippen molar-refractivity contribution in [1.82, 2.24) is 0 Å². The van der Waals surface area contributed by atoms with E-state index in [1.807, 2.05) is 42.5 Å². The quantitative estimate of drug-likeness (QED) is 0.600. The third-order valence-electron chi connectivity index (χ3n) is 4.36. The minimum atomic E-state index is -1.22. The highest BCUT2D eigenvalue weighted by Gasteiger charge is 2.45. The zero-order valence-corrected chi connectivity index (χ0v) is 13.8. The summed E-state index contributed by atoms with van der Waals surface area (Å²) in [5, 5.41) is 2.22. The maximum absolute atomic E-state index is 12.4. The molecule has 0 aliphatic carbocycles. The lowest BCUT2D eigenvalue weighted by Gasteiger charge is -2.26. The van der Waals surface area contributed by atoms with Crippen LogP contribution in [0.3, 0.4) is 0 Å². The van der Waals surface area contributed by atoms with Gasteiger partial charge in [-0.05, 0) is 35.2 Å². The van der Waals surface area contributed by atoms with E-state index < -0.39 is 17.4 Å². The van der Waals surface area contributed by atoms with Crippen molar-refractivity contribution in [1.29, 1.82) is 0 Å². The summed E-state index contributed by atoms with van der Waals surface area (Å²) in [5.74, 6) is -1.06. The van der Waals surface area contributed by atoms with Gasteiger partial charge in [0.25, 0.3) is 0 Å². The Hall–Kier alpha value is -2.36. The van der Waals surface area contributed by atoms with Crippen molar-refractivity contribution in [3.63, 3.8) is 0 Å². The first-order chi connectivity index (χ1) is 11.1. The van der Waals surface area contributed by atoms with Gasteiger partial charge < -0.3 is 9.47 Å². The van der Waals surface area contributed by atoms with E-state index in [0.29, 0.717) is 12.8 Å². The van der Waals surface area contributed by atoms with Crippen LogP contribution in [0.2, 0.25) is 0 Å². The Morgan fingerprint density at radius 1 is 0.957 bits per heavy atom. The van der Waals surface area contributed by atoms with Crippen LogP contribution >= 0.6 is 0 Å². The van der Waals surface area contributed by atoms with Gasteiger partial charge >= 0.3 is 11.9 Å². The van der Waals surface area contributed by atoms with Gasteiger partial charge in [-0.1, -0.05) is 50.2 Å². The molecule has 2 aromatic rings. The summed E-state index contributed by atoms with van der Waals surface area (Å²) in [7, 11) is 1.29. The van der Waals surface area contributed by atoms with E-state index in [2.05, 4.69) is 0 Å². The lowest BCUT2D eigenvalue weighted by Crippen LogP contribution is -2.40. The van der Waals surface area contributed by atoms with E-state index >= 15 is 0 Å². The smallest absolute Gasteiger partial charge is 0.323 e. The molecule has 0 bridgehead atoms. The van der Waals surface area contributed by atoms with Crippen molar-refractivity contribution in [3.05, 3.63) is 48.0 Å². The Labute approximate surface area is 136 Å². The summed E-state index contributed by atoms with van der Waals surface area (Å²) in [6, 6.07) is 13.9. The molecule has 0 heterocycles. The zero-order valence-electron chi connectivity index (χ0n) is 13.8. The fourth-order valence-electron chi connectivity index (χ4n) is 2.72. The number of fused-ring (bicyclic) bond motifs is 1. The average Bonchev–Trinajstić information content (AvgIpc) is 2.60. The molecule has 4 heteroatoms. The minimum Gasteiger partial charge on any atom is -0.468 e. The number of carbonyl (C=O) groups excluding carboxylic acids is 2. The standard InChI is InChI=1S/C19H22O4/c1-4-19(5-2,17(20)22-3)18(21)23-13-14-10-11-15-8-6-7-9-16(15)12-14/h6-12H,4-5,13H2,1-3H3. The van der Waals surface area contributed by atoms with Gasteiger partial charge in [0.1, 0.15) is 6.61 Å². The predicted molar refractivity (Wildman–Crippen MR) is 88.8 cm³/mol. The lowest BCUT2D eigenvalue weighted by atomic mass is 9.82. The molecule has 0 N–H and O–H groups in total. The second-order valence-electron chi connectivity index (χ2n) is 5.54. The van der Waals surface area contributed by atoms with Crippen LogP contribution in [0.25, 0.3) is 10.8 Å². The molecule has 0 unspecified atom stereocenters. The normalized spacial score (nSPS) is 11.3. The molecular weight excluding hydrogens is 292 g/mol. The lowest BCUT2D eigenvalue weighted by molar-refractivity contribution is -0.172. The zero-order chi connectivity index (χ0) is 16.9. The van der Waals surface area contributed by atoms with Crippen LogP contribution in [0.4, 0.5) is 0 Å². The number of ether oxygens (including phenoxy) is 2. The molecule has 4 nitrogen and oxygen atoms in total. The first-order valence-corrected chi connectivity index (χ1v) is 7.80. The Balaban J connectivity index is 2.14. The van der Waals surface area contributed by atoms with Crippen molar-refractivity contribution in [2.45, 2.75) is 33.3 Å². The number of hydrogen-bond donors (Lipinski definition) is 0. The van der Waals surface area contributed by atoms with E-state index in [0.717, 1.165) is 16.3 Å². The molecule has 2 aromatic carbocycles. The summed E-state index contributed by atoms with van der Waals surface area (Å²) in [6.07, 6.45) is 0.708. The summed E-state index contributed by atoms with van der Waals surface area (Å²) in [4.78, 5) is 24.4. The maximum Gasteiger partial charge on any atom is 0.323 e. The number of rotatable bonds is 6. The SMILES string of the molecule is CCC(CC)(C(=O)OC)C(=O)OCc1ccc2ccccc2c1. The minimum absolute atomic E-state index is 0.141. The van der Waals surface area contributed by atoms with E-state index in [-0.39, 0.29) is 6.61 Å². The molecule has 0 amide bonds. The second kappa shape index (κ2) is 7.27. The van der Waals surface area contributed by atoms with Gasteiger partial charge in [-0.3, -0.25) is 9.59 Å². The molecule has 0 aromatic heterocycles. The van der Waals surface area contributed by atoms with Gasteiger partial charge in [-0.2, -0.15) is 0 Å². The highest BCUT2D eigenvalue weighted by atomic mass is 16.6. The fourth-order valence-corrected chi connectivity index (χ4v) is 2.72. The highest BCUT2D eigenvalue weighted by Crippen LogP contribution is 2.30. The third kappa shape index (κ3) is 3.36. The number of methoxy groups -OCH3 is 1. The number of esters is 2. The number of carbonyl (C=O) groups is 2. The van der Waals surface area contributed by atoms with Crippen molar-refractivity contribution < 1.29 is 19.1 Å². The second-order valence-corrected chi connectivity index (χ2v) is 5.54. The molecule has 0 spiro atoms. The van der Waals surface area contributed by atoms with Crippen molar-refractivity contribution in [3.8, 4) is 0 Å². The van der Waals surface area contributed by atoms with Crippen molar-refractivity contribution >= 4 is 22.7 Å². The Bertz CT molecular complexity index is 701. The summed E-state index contributed by atoms with van der Waals surface area (Å²) < 4.78 is 10.2. The molecule has 23 heavy (non-hydrogen) atoms. The van der Waals surface area contributed by atoms with Crippen LogP contribution < -0.4 is 0 Å². The first kappa shape index (κ1) is 17.0. The topological polar surface area (TPSA) is 52.6 Å². The van der Waals surface area contributed by atoms with E-state index in [1.54, 1.807) is 13.8 Å². The number of benzene rings is 2.